The monoisotopic (exact) mass is 203 g/mol. The van der Waals surface area contributed by atoms with Crippen molar-refractivity contribution < 1.29 is 13.2 Å². The maximum absolute atomic E-state index is 12.7. The molecule has 0 spiro atoms. The summed E-state index contributed by atoms with van der Waals surface area (Å²) in [6.07, 6.45) is -2.85. The van der Waals surface area contributed by atoms with Gasteiger partial charge in [-0.1, -0.05) is 0 Å². The fourth-order valence-corrected chi connectivity index (χ4v) is 0.926. The number of isothiocyanates is 1. The summed E-state index contributed by atoms with van der Waals surface area (Å²) in [7, 11) is 0. The van der Waals surface area contributed by atoms with Gasteiger partial charge in [-0.05, 0) is 30.4 Å². The Bertz CT molecular complexity index is 358. The predicted molar refractivity (Wildman–Crippen MR) is 46.0 cm³/mol. The Hall–Kier alpha value is -1.19. The van der Waals surface area contributed by atoms with Crippen LogP contribution in [0.25, 0.3) is 0 Å². The zero-order valence-corrected chi connectivity index (χ0v) is 7.12. The molecule has 0 fully saturated rings. The first-order valence-corrected chi connectivity index (χ1v) is 3.71. The van der Waals surface area contributed by atoms with Gasteiger partial charge in [0.1, 0.15) is 5.82 Å². The molecular formula is C8H4F3NS. The number of benzene rings is 1. The van der Waals surface area contributed by atoms with Gasteiger partial charge in [0, 0.05) is 0 Å². The van der Waals surface area contributed by atoms with E-state index in [0.717, 1.165) is 12.1 Å². The molecule has 5 heteroatoms. The summed E-state index contributed by atoms with van der Waals surface area (Å²) in [5.74, 6) is -0.946. The van der Waals surface area contributed by atoms with E-state index >= 15 is 0 Å². The third-order valence-electron chi connectivity index (χ3n) is 1.39. The summed E-state index contributed by atoms with van der Waals surface area (Å²) in [5, 5.41) is 2.01. The highest BCUT2D eigenvalue weighted by Crippen LogP contribution is 2.25. The largest absolute Gasteiger partial charge is 0.266 e. The van der Waals surface area contributed by atoms with Crippen LogP contribution >= 0.6 is 12.2 Å². The molecule has 0 bridgehead atoms. The molecule has 13 heavy (non-hydrogen) atoms. The van der Waals surface area contributed by atoms with Gasteiger partial charge in [0.25, 0.3) is 6.43 Å². The van der Waals surface area contributed by atoms with Crippen molar-refractivity contribution in [3.8, 4) is 0 Å². The number of alkyl halides is 2. The first-order chi connectivity index (χ1) is 6.15. The molecule has 1 aromatic rings. The number of rotatable bonds is 2. The standard InChI is InChI=1S/C8H4F3NS/c9-7-2-1-5(12-4-13)3-6(7)8(10)11/h1-3,8H. The summed E-state index contributed by atoms with van der Waals surface area (Å²) in [4.78, 5) is 3.46. The molecule has 0 amide bonds. The summed E-state index contributed by atoms with van der Waals surface area (Å²) in [6.45, 7) is 0. The molecule has 0 radical (unpaired) electrons. The fourth-order valence-electron chi connectivity index (χ4n) is 0.821. The predicted octanol–water partition coefficient (Wildman–Crippen LogP) is 3.50. The maximum atomic E-state index is 12.7. The van der Waals surface area contributed by atoms with Crippen molar-refractivity contribution in [2.24, 2.45) is 4.99 Å². The molecule has 0 aromatic heterocycles. The van der Waals surface area contributed by atoms with E-state index in [1.165, 1.54) is 6.07 Å². The number of nitrogens with zero attached hydrogens (tertiary/aromatic N) is 1. The quantitative estimate of drug-likeness (QED) is 0.529. The Labute approximate surface area is 77.9 Å². The van der Waals surface area contributed by atoms with E-state index in [-0.39, 0.29) is 5.69 Å². The zero-order valence-electron chi connectivity index (χ0n) is 6.30. The summed E-state index contributed by atoms with van der Waals surface area (Å²) < 4.78 is 36.9. The van der Waals surface area contributed by atoms with Gasteiger partial charge in [-0.25, -0.2) is 13.2 Å². The van der Waals surface area contributed by atoms with E-state index in [4.69, 9.17) is 0 Å². The van der Waals surface area contributed by atoms with E-state index in [1.54, 1.807) is 0 Å². The highest BCUT2D eigenvalue weighted by Gasteiger charge is 2.13. The van der Waals surface area contributed by atoms with E-state index < -0.39 is 17.8 Å². The van der Waals surface area contributed by atoms with Crippen LogP contribution in [0.2, 0.25) is 0 Å². The minimum absolute atomic E-state index is 0.173. The van der Waals surface area contributed by atoms with E-state index in [1.807, 2.05) is 5.16 Å². The van der Waals surface area contributed by atoms with Crippen molar-refractivity contribution in [3.63, 3.8) is 0 Å². The maximum Gasteiger partial charge on any atom is 0.266 e. The fraction of sp³-hybridized carbons (Fsp3) is 0.125. The van der Waals surface area contributed by atoms with Crippen molar-refractivity contribution in [2.45, 2.75) is 6.43 Å². The van der Waals surface area contributed by atoms with Crippen molar-refractivity contribution in [1.82, 2.24) is 0 Å². The second-order valence-corrected chi connectivity index (χ2v) is 2.39. The van der Waals surface area contributed by atoms with Crippen LogP contribution in [-0.2, 0) is 0 Å². The smallest absolute Gasteiger partial charge is 0.206 e. The van der Waals surface area contributed by atoms with Crippen molar-refractivity contribution >= 4 is 23.1 Å². The number of hydrogen-bond acceptors (Lipinski definition) is 2. The lowest BCUT2D eigenvalue weighted by molar-refractivity contribution is 0.146. The van der Waals surface area contributed by atoms with Gasteiger partial charge in [0.05, 0.1) is 16.4 Å². The minimum Gasteiger partial charge on any atom is -0.206 e. The average molecular weight is 203 g/mol. The Morgan fingerprint density at radius 1 is 1.38 bits per heavy atom. The topological polar surface area (TPSA) is 12.4 Å². The van der Waals surface area contributed by atoms with Crippen LogP contribution < -0.4 is 0 Å². The molecule has 0 unspecified atom stereocenters. The molecule has 0 saturated carbocycles. The first kappa shape index (κ1) is 9.89. The first-order valence-electron chi connectivity index (χ1n) is 3.30. The molecule has 1 nitrogen and oxygen atoms in total. The van der Waals surface area contributed by atoms with Crippen LogP contribution in [-0.4, -0.2) is 5.16 Å². The van der Waals surface area contributed by atoms with Crippen LogP contribution in [0.3, 0.4) is 0 Å². The molecule has 1 aromatic carbocycles. The molecule has 0 saturated heterocycles. The normalized spacial score (nSPS) is 9.85. The van der Waals surface area contributed by atoms with Gasteiger partial charge in [-0.15, -0.1) is 0 Å². The van der Waals surface area contributed by atoms with Gasteiger partial charge in [-0.2, -0.15) is 4.99 Å². The summed E-state index contributed by atoms with van der Waals surface area (Å²) >= 11 is 4.28. The number of thiocarbonyl (C=S) groups is 1. The van der Waals surface area contributed by atoms with Gasteiger partial charge in [-0.3, -0.25) is 0 Å². The van der Waals surface area contributed by atoms with Crippen LogP contribution in [0.1, 0.15) is 12.0 Å². The second-order valence-electron chi connectivity index (χ2n) is 2.21. The Kier molecular flexibility index (Phi) is 3.17. The zero-order chi connectivity index (χ0) is 9.84. The Balaban J connectivity index is 3.18. The lowest BCUT2D eigenvalue weighted by Gasteiger charge is -2.01. The summed E-state index contributed by atoms with van der Waals surface area (Å²) in [5.41, 5.74) is -0.502. The second kappa shape index (κ2) is 4.16. The van der Waals surface area contributed by atoms with Crippen LogP contribution in [0.15, 0.2) is 23.2 Å². The van der Waals surface area contributed by atoms with Gasteiger partial charge in [0.15, 0.2) is 0 Å². The lowest BCUT2D eigenvalue weighted by Crippen LogP contribution is -1.89. The molecule has 1 rings (SSSR count). The average Bonchev–Trinajstić information content (AvgIpc) is 2.08. The molecule has 0 aliphatic heterocycles. The number of aliphatic imine (C=N–C) groups is 1. The van der Waals surface area contributed by atoms with Crippen molar-refractivity contribution in [3.05, 3.63) is 29.6 Å². The SMILES string of the molecule is Fc1ccc(N=C=S)cc1C(F)F. The van der Waals surface area contributed by atoms with Crippen molar-refractivity contribution in [1.29, 1.82) is 0 Å². The molecule has 68 valence electrons. The third kappa shape index (κ3) is 2.37. The highest BCUT2D eigenvalue weighted by atomic mass is 32.1. The van der Waals surface area contributed by atoms with Gasteiger partial charge >= 0.3 is 0 Å². The van der Waals surface area contributed by atoms with Crippen LogP contribution in [0.4, 0.5) is 18.9 Å². The summed E-state index contributed by atoms with van der Waals surface area (Å²) in [6, 6.07) is 3.12. The third-order valence-corrected chi connectivity index (χ3v) is 1.48. The van der Waals surface area contributed by atoms with Crippen LogP contribution in [0.5, 0.6) is 0 Å². The number of halogens is 3. The highest BCUT2D eigenvalue weighted by molar-refractivity contribution is 7.78. The molecule has 0 heterocycles. The molecule has 0 atom stereocenters. The van der Waals surface area contributed by atoms with Crippen molar-refractivity contribution in [2.75, 3.05) is 0 Å². The molecule has 0 N–H and O–H groups in total. The Morgan fingerprint density at radius 2 is 2.08 bits per heavy atom. The van der Waals surface area contributed by atoms with Gasteiger partial charge in [0.2, 0.25) is 0 Å². The Morgan fingerprint density at radius 3 is 2.62 bits per heavy atom. The molecule has 0 aliphatic rings. The molecular weight excluding hydrogens is 199 g/mol. The molecule has 0 aliphatic carbocycles. The van der Waals surface area contributed by atoms with E-state index in [9.17, 15) is 13.2 Å². The van der Waals surface area contributed by atoms with Crippen LogP contribution in [0, 0.1) is 5.82 Å². The lowest BCUT2D eigenvalue weighted by atomic mass is 10.2. The minimum atomic E-state index is -2.85. The number of hydrogen-bond donors (Lipinski definition) is 0. The van der Waals surface area contributed by atoms with Gasteiger partial charge < -0.3 is 0 Å². The van der Waals surface area contributed by atoms with E-state index in [0.29, 0.717) is 0 Å². The van der Waals surface area contributed by atoms with E-state index in [2.05, 4.69) is 17.2 Å².